The van der Waals surface area contributed by atoms with Crippen molar-refractivity contribution >= 4 is 23.5 Å². The van der Waals surface area contributed by atoms with Gasteiger partial charge in [0.25, 0.3) is 5.91 Å². The van der Waals surface area contributed by atoms with Gasteiger partial charge in [0.15, 0.2) is 0 Å². The fraction of sp³-hybridized carbons (Fsp3) is 0.350. The van der Waals surface area contributed by atoms with E-state index < -0.39 is 24.0 Å². The van der Waals surface area contributed by atoms with Gasteiger partial charge in [0.05, 0.1) is 25.8 Å². The van der Waals surface area contributed by atoms with Gasteiger partial charge in [0.2, 0.25) is 0 Å². The molecule has 2 aromatic rings. The molecule has 0 aliphatic carbocycles. The lowest BCUT2D eigenvalue weighted by Gasteiger charge is -2.09. The highest BCUT2D eigenvalue weighted by Gasteiger charge is 2.38. The van der Waals surface area contributed by atoms with E-state index in [1.165, 1.54) is 0 Å². The molecule has 1 aromatic heterocycles. The summed E-state index contributed by atoms with van der Waals surface area (Å²) in [6, 6.07) is 7.38. The van der Waals surface area contributed by atoms with E-state index in [9.17, 15) is 22.8 Å². The van der Waals surface area contributed by atoms with Gasteiger partial charge in [-0.15, -0.1) is 0 Å². The molecule has 0 aliphatic heterocycles. The largest absolute Gasteiger partial charge is 0.497 e. The summed E-state index contributed by atoms with van der Waals surface area (Å²) in [5.74, 6) is -3.07. The molecule has 0 aliphatic rings. The van der Waals surface area contributed by atoms with E-state index in [-0.39, 0.29) is 12.3 Å². The van der Waals surface area contributed by atoms with Crippen LogP contribution >= 0.6 is 0 Å². The lowest BCUT2D eigenvalue weighted by Crippen LogP contribution is -2.21. The van der Waals surface area contributed by atoms with E-state index in [1.54, 1.807) is 14.0 Å². The van der Waals surface area contributed by atoms with Crippen LogP contribution in [0.5, 0.6) is 5.75 Å². The van der Waals surface area contributed by atoms with Crippen LogP contribution in [0.1, 0.15) is 46.0 Å². The summed E-state index contributed by atoms with van der Waals surface area (Å²) >= 11 is 0. The summed E-state index contributed by atoms with van der Waals surface area (Å²) in [6.07, 6.45) is -4.59. The van der Waals surface area contributed by atoms with E-state index in [2.05, 4.69) is 10.3 Å². The van der Waals surface area contributed by atoms with Crippen LogP contribution in [0.15, 0.2) is 24.3 Å². The fourth-order valence-electron chi connectivity index (χ4n) is 2.64. The van der Waals surface area contributed by atoms with Crippen LogP contribution < -0.4 is 15.8 Å². The number of rotatable bonds is 8. The van der Waals surface area contributed by atoms with E-state index in [0.717, 1.165) is 11.4 Å². The number of carbonyl (C=O) groups is 3. The topological polar surface area (TPSA) is 144 Å². The Kier molecular flexibility index (Phi) is 9.57. The maximum absolute atomic E-state index is 12.3. The summed E-state index contributed by atoms with van der Waals surface area (Å²) in [6.45, 7) is 4.17. The van der Waals surface area contributed by atoms with Crippen LogP contribution in [-0.4, -0.2) is 47.8 Å². The van der Waals surface area contributed by atoms with Crippen molar-refractivity contribution in [1.29, 1.82) is 0 Å². The molecule has 0 spiro atoms. The Balaban J connectivity index is 0.000000633. The van der Waals surface area contributed by atoms with Crippen LogP contribution in [0.4, 0.5) is 18.9 Å². The van der Waals surface area contributed by atoms with Crippen molar-refractivity contribution in [2.24, 2.45) is 5.73 Å². The number of carbonyl (C=O) groups excluding carboxylic acids is 2. The molecule has 0 atom stereocenters. The first-order chi connectivity index (χ1) is 15.0. The van der Waals surface area contributed by atoms with Crippen LogP contribution in [-0.2, 0) is 22.5 Å². The number of hydrogen-bond acceptors (Lipinski definition) is 6. The Hall–Kier alpha value is -3.70. The van der Waals surface area contributed by atoms with Crippen LogP contribution in [0.2, 0.25) is 0 Å². The number of aromatic amines is 1. The van der Waals surface area contributed by atoms with Crippen LogP contribution in [0.25, 0.3) is 0 Å². The molecule has 0 saturated heterocycles. The average Bonchev–Trinajstić information content (AvgIpc) is 3.11. The smallest absolute Gasteiger partial charge is 0.490 e. The Morgan fingerprint density at radius 3 is 2.12 bits per heavy atom. The van der Waals surface area contributed by atoms with Gasteiger partial charge in [-0.1, -0.05) is 6.92 Å². The van der Waals surface area contributed by atoms with Crippen molar-refractivity contribution in [3.8, 4) is 5.75 Å². The van der Waals surface area contributed by atoms with Crippen molar-refractivity contribution in [2.75, 3.05) is 19.0 Å². The number of primary amides is 1. The first kappa shape index (κ1) is 26.3. The number of esters is 1. The summed E-state index contributed by atoms with van der Waals surface area (Å²) in [5, 5.41) is 10.3. The lowest BCUT2D eigenvalue weighted by molar-refractivity contribution is -0.192. The van der Waals surface area contributed by atoms with E-state index in [1.807, 2.05) is 31.2 Å². The molecule has 1 amide bonds. The van der Waals surface area contributed by atoms with Gasteiger partial charge >= 0.3 is 18.1 Å². The summed E-state index contributed by atoms with van der Waals surface area (Å²) < 4.78 is 42.0. The molecule has 0 radical (unpaired) electrons. The van der Waals surface area contributed by atoms with E-state index in [4.69, 9.17) is 25.1 Å². The minimum Gasteiger partial charge on any atom is -0.497 e. The molecule has 0 unspecified atom stereocenters. The number of ether oxygens (including phenoxy) is 2. The van der Waals surface area contributed by atoms with Crippen molar-refractivity contribution < 1.29 is 42.1 Å². The first-order valence-corrected chi connectivity index (χ1v) is 9.34. The molecule has 9 nitrogen and oxygen atoms in total. The Morgan fingerprint density at radius 1 is 1.16 bits per heavy atom. The number of aromatic nitrogens is 1. The number of amides is 1. The minimum absolute atomic E-state index is 0.247. The number of methoxy groups -OCH3 is 1. The number of nitrogens with one attached hydrogen (secondary N) is 2. The Morgan fingerprint density at radius 2 is 1.72 bits per heavy atom. The van der Waals surface area contributed by atoms with E-state index >= 15 is 0 Å². The molecular formula is C20H24F3N3O6. The van der Waals surface area contributed by atoms with Gasteiger partial charge in [-0.05, 0) is 43.2 Å². The number of nitrogens with two attached hydrogens (primary N) is 1. The Labute approximate surface area is 181 Å². The van der Waals surface area contributed by atoms with Crippen LogP contribution in [0.3, 0.4) is 0 Å². The lowest BCUT2D eigenvalue weighted by atomic mass is 10.1. The molecule has 5 N–H and O–H groups in total. The molecule has 0 fully saturated rings. The zero-order valence-corrected chi connectivity index (χ0v) is 17.6. The second-order valence-corrected chi connectivity index (χ2v) is 6.16. The van der Waals surface area contributed by atoms with Gasteiger partial charge in [-0.25, -0.2) is 9.59 Å². The molecule has 12 heteroatoms. The molecule has 0 bridgehead atoms. The number of benzene rings is 1. The van der Waals surface area contributed by atoms with Crippen LogP contribution in [0, 0.1) is 0 Å². The standard InChI is InChI=1S/C18H23N3O4.C2HF3O2/c1-4-13-15(18(23)25-5-2)14(21-16(13)17(19)22)10-20-11-6-8-12(24-3)9-7-11;3-2(4,5)1(6)7/h6-9,20-21H,4-5,10H2,1-3H3,(H2,19,22);(H,6,7). The third kappa shape index (κ3) is 7.22. The molecular weight excluding hydrogens is 435 g/mol. The quantitative estimate of drug-likeness (QED) is 0.444. The number of halogens is 3. The number of anilines is 1. The fourth-order valence-corrected chi connectivity index (χ4v) is 2.64. The van der Waals surface area contributed by atoms with Crippen molar-refractivity contribution in [3.63, 3.8) is 0 Å². The van der Waals surface area contributed by atoms with Gasteiger partial charge < -0.3 is 30.6 Å². The number of carboxylic acid groups (broad SMARTS) is 1. The number of alkyl halides is 3. The predicted molar refractivity (Wildman–Crippen MR) is 109 cm³/mol. The second kappa shape index (κ2) is 11.6. The normalized spacial score (nSPS) is 10.6. The SMILES string of the molecule is CCOC(=O)c1c(CNc2ccc(OC)cc2)[nH]c(C(N)=O)c1CC.O=C(O)C(F)(F)F. The molecule has 176 valence electrons. The zero-order chi connectivity index (χ0) is 24.5. The predicted octanol–water partition coefficient (Wildman–Crippen LogP) is 3.11. The number of hydrogen-bond donors (Lipinski definition) is 4. The van der Waals surface area contributed by atoms with Gasteiger partial charge in [-0.3, -0.25) is 4.79 Å². The second-order valence-electron chi connectivity index (χ2n) is 6.16. The van der Waals surface area contributed by atoms with Crippen molar-refractivity contribution in [3.05, 3.63) is 46.8 Å². The minimum atomic E-state index is -5.08. The molecule has 32 heavy (non-hydrogen) atoms. The summed E-state index contributed by atoms with van der Waals surface area (Å²) in [5.41, 5.74) is 8.05. The number of H-pyrrole nitrogens is 1. The third-order valence-electron chi connectivity index (χ3n) is 4.06. The third-order valence-corrected chi connectivity index (χ3v) is 4.06. The summed E-state index contributed by atoms with van der Waals surface area (Å²) in [4.78, 5) is 35.9. The highest BCUT2D eigenvalue weighted by Crippen LogP contribution is 2.23. The maximum atomic E-state index is 12.3. The van der Waals surface area contributed by atoms with Crippen molar-refractivity contribution in [1.82, 2.24) is 4.98 Å². The number of aliphatic carboxylic acids is 1. The monoisotopic (exact) mass is 459 g/mol. The first-order valence-electron chi connectivity index (χ1n) is 9.34. The zero-order valence-electron chi connectivity index (χ0n) is 17.6. The number of carboxylic acids is 1. The molecule has 1 aromatic carbocycles. The highest BCUT2D eigenvalue weighted by atomic mass is 19.4. The van der Waals surface area contributed by atoms with Gasteiger partial charge in [0.1, 0.15) is 11.4 Å². The molecule has 2 rings (SSSR count). The highest BCUT2D eigenvalue weighted by molar-refractivity contribution is 6.00. The molecule has 1 heterocycles. The maximum Gasteiger partial charge on any atom is 0.490 e. The van der Waals surface area contributed by atoms with E-state index in [0.29, 0.717) is 29.8 Å². The summed E-state index contributed by atoms with van der Waals surface area (Å²) in [7, 11) is 1.60. The van der Waals surface area contributed by atoms with Crippen molar-refractivity contribution in [2.45, 2.75) is 33.0 Å². The van der Waals surface area contributed by atoms with Gasteiger partial charge in [0, 0.05) is 11.4 Å². The Bertz CT molecular complexity index is 939. The van der Waals surface area contributed by atoms with Gasteiger partial charge in [-0.2, -0.15) is 13.2 Å². The molecule has 0 saturated carbocycles. The average molecular weight is 459 g/mol.